The number of methoxy groups -OCH3 is 2. The van der Waals surface area contributed by atoms with Crippen LogP contribution in [0.4, 0.5) is 11.5 Å². The smallest absolute Gasteiger partial charge is 0.246 e. The van der Waals surface area contributed by atoms with Crippen LogP contribution in [0.25, 0.3) is 28.1 Å². The quantitative estimate of drug-likeness (QED) is 0.188. The van der Waals surface area contributed by atoms with E-state index < -0.39 is 0 Å². The molecule has 1 amide bonds. The third kappa shape index (κ3) is 6.48. The Balaban J connectivity index is 1.44. The molecule has 2 heterocycles. The number of amides is 1. The van der Waals surface area contributed by atoms with Gasteiger partial charge in [-0.05, 0) is 59.4 Å². The molecule has 0 aliphatic carbocycles. The molecule has 0 spiro atoms. The van der Waals surface area contributed by atoms with Crippen molar-refractivity contribution in [2.24, 2.45) is 5.92 Å². The predicted octanol–water partition coefficient (Wildman–Crippen LogP) is 7.20. The fourth-order valence-electron chi connectivity index (χ4n) is 4.98. The number of carbonyl (C=O) groups is 1. The molecular formula is C35H38N4O4. The number of aromatic nitrogens is 2. The van der Waals surface area contributed by atoms with Crippen LogP contribution in [-0.4, -0.2) is 54.2 Å². The van der Waals surface area contributed by atoms with E-state index in [1.165, 1.54) is 23.5 Å². The molecule has 0 radical (unpaired) electrons. The highest BCUT2D eigenvalue weighted by atomic mass is 16.5. The predicted molar refractivity (Wildman–Crippen MR) is 172 cm³/mol. The van der Waals surface area contributed by atoms with Gasteiger partial charge in [0.1, 0.15) is 24.0 Å². The number of aryl methyl sites for hydroxylation is 1. The normalized spacial score (nSPS) is 13.9. The average Bonchev–Trinajstić information content (AvgIpc) is 3.01. The highest BCUT2D eigenvalue weighted by Gasteiger charge is 2.31. The molecule has 1 aliphatic heterocycles. The second-order valence-electron chi connectivity index (χ2n) is 10.8. The maximum Gasteiger partial charge on any atom is 0.246 e. The number of hydrogen-bond donors (Lipinski definition) is 1. The Kier molecular flexibility index (Phi) is 8.95. The van der Waals surface area contributed by atoms with Crippen molar-refractivity contribution in [3.8, 4) is 28.4 Å². The van der Waals surface area contributed by atoms with Gasteiger partial charge in [-0.25, -0.2) is 9.97 Å². The van der Waals surface area contributed by atoms with Crippen LogP contribution in [0, 0.1) is 12.8 Å². The molecule has 1 atom stereocenters. The maximum atomic E-state index is 11.9. The van der Waals surface area contributed by atoms with Gasteiger partial charge >= 0.3 is 0 Å². The standard InChI is InChI=1S/C35H38N4O4/c1-7-22(3)9-10-24-11-12-25(15-23(24)4)26-13-14-31(41-5)30(16-26)38-35-28-17-33(32(42-6)18-29(28)36-21-37-35)43-27-19-39(20-27)34(40)8-2/h8-18,21-22,27H,2,7,19-20H2,1,3-6H3,(H,36,37,38)/b10-9-. The van der Waals surface area contributed by atoms with Crippen molar-refractivity contribution in [3.63, 3.8) is 0 Å². The zero-order valence-corrected chi connectivity index (χ0v) is 25.4. The minimum atomic E-state index is -0.145. The van der Waals surface area contributed by atoms with E-state index in [4.69, 9.17) is 14.2 Å². The summed E-state index contributed by atoms with van der Waals surface area (Å²) in [4.78, 5) is 22.6. The van der Waals surface area contributed by atoms with E-state index in [-0.39, 0.29) is 12.0 Å². The highest BCUT2D eigenvalue weighted by Crippen LogP contribution is 2.38. The molecule has 5 rings (SSSR count). The van der Waals surface area contributed by atoms with Crippen LogP contribution in [0.5, 0.6) is 17.2 Å². The first kappa shape index (κ1) is 29.6. The van der Waals surface area contributed by atoms with Gasteiger partial charge in [-0.3, -0.25) is 4.79 Å². The summed E-state index contributed by atoms with van der Waals surface area (Å²) in [7, 11) is 3.24. The second kappa shape index (κ2) is 13.0. The van der Waals surface area contributed by atoms with Crippen LogP contribution in [0.2, 0.25) is 0 Å². The van der Waals surface area contributed by atoms with Gasteiger partial charge in [-0.1, -0.05) is 63.3 Å². The van der Waals surface area contributed by atoms with Crippen molar-refractivity contribution < 1.29 is 19.0 Å². The Hall–Kier alpha value is -4.85. The van der Waals surface area contributed by atoms with Gasteiger partial charge in [0.15, 0.2) is 11.5 Å². The Bertz CT molecular complexity index is 1680. The summed E-state index contributed by atoms with van der Waals surface area (Å²) in [5.41, 5.74) is 6.07. The van der Waals surface area contributed by atoms with E-state index in [2.05, 4.69) is 85.1 Å². The lowest BCUT2D eigenvalue weighted by Gasteiger charge is -2.38. The molecule has 1 saturated heterocycles. The number of benzene rings is 3. The van der Waals surface area contributed by atoms with Crippen molar-refractivity contribution in [3.05, 3.63) is 84.7 Å². The molecule has 8 heteroatoms. The van der Waals surface area contributed by atoms with E-state index in [0.717, 1.165) is 28.6 Å². The zero-order chi connectivity index (χ0) is 30.5. The van der Waals surface area contributed by atoms with Crippen LogP contribution in [0.3, 0.4) is 0 Å². The SMILES string of the molecule is C=CC(=O)N1CC(Oc2cc3c(Nc4cc(-c5ccc(/C=C\C(C)CC)c(C)c5)ccc4OC)ncnc3cc2OC)C1. The van der Waals surface area contributed by atoms with Gasteiger partial charge in [0.2, 0.25) is 5.91 Å². The topological polar surface area (TPSA) is 85.8 Å². The van der Waals surface area contributed by atoms with Crippen molar-refractivity contribution in [2.75, 3.05) is 32.6 Å². The summed E-state index contributed by atoms with van der Waals surface area (Å²) >= 11 is 0. The molecule has 222 valence electrons. The number of fused-ring (bicyclic) bond motifs is 1. The molecule has 43 heavy (non-hydrogen) atoms. The summed E-state index contributed by atoms with van der Waals surface area (Å²) in [6.45, 7) is 11.1. The number of likely N-dealkylation sites (tertiary alicyclic amines) is 1. The van der Waals surface area contributed by atoms with Crippen molar-refractivity contribution in [1.29, 1.82) is 0 Å². The second-order valence-corrected chi connectivity index (χ2v) is 10.8. The summed E-state index contributed by atoms with van der Waals surface area (Å²) in [5, 5.41) is 4.23. The number of nitrogens with one attached hydrogen (secondary N) is 1. The molecule has 1 unspecified atom stereocenters. The zero-order valence-electron chi connectivity index (χ0n) is 25.4. The van der Waals surface area contributed by atoms with E-state index in [1.54, 1.807) is 19.1 Å². The first-order chi connectivity index (χ1) is 20.8. The number of hydrogen-bond acceptors (Lipinski definition) is 7. The number of anilines is 2. The Morgan fingerprint density at radius 1 is 1.05 bits per heavy atom. The average molecular weight is 579 g/mol. The lowest BCUT2D eigenvalue weighted by molar-refractivity contribution is -0.134. The van der Waals surface area contributed by atoms with Gasteiger partial charge in [-0.2, -0.15) is 0 Å². The molecular weight excluding hydrogens is 540 g/mol. The molecule has 1 N–H and O–H groups in total. The lowest BCUT2D eigenvalue weighted by Crippen LogP contribution is -2.55. The van der Waals surface area contributed by atoms with Gasteiger partial charge in [0, 0.05) is 11.5 Å². The molecule has 3 aromatic carbocycles. The van der Waals surface area contributed by atoms with Crippen molar-refractivity contribution in [1.82, 2.24) is 14.9 Å². The van der Waals surface area contributed by atoms with Crippen molar-refractivity contribution in [2.45, 2.75) is 33.3 Å². The summed E-state index contributed by atoms with van der Waals surface area (Å²) in [6.07, 6.45) is 8.28. The number of ether oxygens (including phenoxy) is 3. The highest BCUT2D eigenvalue weighted by molar-refractivity contribution is 5.94. The summed E-state index contributed by atoms with van der Waals surface area (Å²) in [6, 6.07) is 16.3. The molecule has 1 fully saturated rings. The van der Waals surface area contributed by atoms with Crippen LogP contribution in [0.1, 0.15) is 31.4 Å². The summed E-state index contributed by atoms with van der Waals surface area (Å²) < 4.78 is 17.5. The fourth-order valence-corrected chi connectivity index (χ4v) is 4.98. The number of nitrogens with zero attached hydrogens (tertiary/aromatic N) is 3. The number of carbonyl (C=O) groups excluding carboxylic acids is 1. The van der Waals surface area contributed by atoms with Crippen LogP contribution < -0.4 is 19.5 Å². The van der Waals surface area contributed by atoms with Crippen LogP contribution >= 0.6 is 0 Å². The first-order valence-corrected chi connectivity index (χ1v) is 14.5. The van der Waals surface area contributed by atoms with E-state index >= 15 is 0 Å². The van der Waals surface area contributed by atoms with E-state index in [0.29, 0.717) is 47.6 Å². The molecule has 1 aromatic heterocycles. The number of rotatable bonds is 11. The van der Waals surface area contributed by atoms with Gasteiger partial charge < -0.3 is 24.4 Å². The molecule has 0 bridgehead atoms. The summed E-state index contributed by atoms with van der Waals surface area (Å²) in [5.74, 6) is 2.85. The molecule has 1 aliphatic rings. The van der Waals surface area contributed by atoms with Crippen LogP contribution in [-0.2, 0) is 4.79 Å². The fraction of sp³-hybridized carbons (Fsp3) is 0.286. The lowest BCUT2D eigenvalue weighted by atomic mass is 9.98. The Morgan fingerprint density at radius 2 is 1.79 bits per heavy atom. The van der Waals surface area contributed by atoms with Gasteiger partial charge in [-0.15, -0.1) is 0 Å². The molecule has 4 aromatic rings. The first-order valence-electron chi connectivity index (χ1n) is 14.5. The maximum absolute atomic E-state index is 11.9. The minimum Gasteiger partial charge on any atom is -0.495 e. The van der Waals surface area contributed by atoms with Gasteiger partial charge in [0.05, 0.1) is 38.5 Å². The van der Waals surface area contributed by atoms with Crippen LogP contribution in [0.15, 0.2) is 73.6 Å². The third-order valence-corrected chi connectivity index (χ3v) is 7.85. The van der Waals surface area contributed by atoms with Crippen molar-refractivity contribution >= 4 is 34.4 Å². The molecule has 8 nitrogen and oxygen atoms in total. The van der Waals surface area contributed by atoms with E-state index in [9.17, 15) is 4.79 Å². The molecule has 0 saturated carbocycles. The Labute approximate surface area is 253 Å². The van der Waals surface area contributed by atoms with Gasteiger partial charge in [0.25, 0.3) is 0 Å². The monoisotopic (exact) mass is 578 g/mol. The minimum absolute atomic E-state index is 0.106. The number of allylic oxidation sites excluding steroid dienone is 1. The van der Waals surface area contributed by atoms with E-state index in [1.807, 2.05) is 18.2 Å². The largest absolute Gasteiger partial charge is 0.495 e. The Morgan fingerprint density at radius 3 is 2.49 bits per heavy atom. The third-order valence-electron chi connectivity index (χ3n) is 7.85.